The Morgan fingerprint density at radius 3 is 2.41 bits per heavy atom. The van der Waals surface area contributed by atoms with Crippen LogP contribution in [0.5, 0.6) is 0 Å². The van der Waals surface area contributed by atoms with Gasteiger partial charge >= 0.3 is 12.1 Å². The second-order valence-electron chi connectivity index (χ2n) is 10.9. The Morgan fingerprint density at radius 1 is 1.05 bits per heavy atom. The number of rotatable bonds is 6. The zero-order valence-electron chi connectivity index (χ0n) is 22.0. The van der Waals surface area contributed by atoms with Crippen LogP contribution in [0.1, 0.15) is 43.8 Å². The van der Waals surface area contributed by atoms with Crippen molar-refractivity contribution in [2.45, 2.75) is 44.9 Å². The molecule has 0 bridgehead atoms. The van der Waals surface area contributed by atoms with Gasteiger partial charge in [-0.05, 0) is 77.8 Å². The molecule has 0 amide bonds. The van der Waals surface area contributed by atoms with E-state index in [1.807, 2.05) is 19.9 Å². The average molecular weight is 587 g/mol. The number of halogens is 4. The van der Waals surface area contributed by atoms with Crippen LogP contribution in [0.3, 0.4) is 0 Å². The maximum atomic E-state index is 13.6. The summed E-state index contributed by atoms with van der Waals surface area (Å²) in [6.07, 6.45) is -1.26. The molecule has 4 aromatic rings. The largest absolute Gasteiger partial charge is 0.481 e. The minimum absolute atomic E-state index is 0.221. The van der Waals surface area contributed by atoms with E-state index in [-0.39, 0.29) is 18.8 Å². The Balaban J connectivity index is 1.52. The van der Waals surface area contributed by atoms with Crippen LogP contribution in [-0.4, -0.2) is 31.1 Å². The molecule has 1 saturated carbocycles. The van der Waals surface area contributed by atoms with E-state index >= 15 is 0 Å². The molecule has 1 aliphatic carbocycles. The summed E-state index contributed by atoms with van der Waals surface area (Å²) in [7, 11) is 0. The number of carbonyl (C=O) groups is 1. The van der Waals surface area contributed by atoms with Crippen LogP contribution in [0.15, 0.2) is 60.9 Å². The Hall–Kier alpha value is -3.90. The van der Waals surface area contributed by atoms with Crippen molar-refractivity contribution in [1.29, 1.82) is 0 Å². The summed E-state index contributed by atoms with van der Waals surface area (Å²) in [5, 5.41) is 24.4. The van der Waals surface area contributed by atoms with Crippen molar-refractivity contribution in [3.8, 4) is 21.6 Å². The monoisotopic (exact) mass is 586 g/mol. The molecule has 2 aromatic heterocycles. The zero-order chi connectivity index (χ0) is 29.6. The number of benzene rings is 2. The van der Waals surface area contributed by atoms with Gasteiger partial charge in [0.25, 0.3) is 0 Å². The third-order valence-corrected chi connectivity index (χ3v) is 8.58. The number of alkyl halides is 3. The molecule has 41 heavy (non-hydrogen) atoms. The van der Waals surface area contributed by atoms with Crippen LogP contribution in [0.2, 0.25) is 0 Å². The summed E-state index contributed by atoms with van der Waals surface area (Å²) in [6, 6.07) is 11.8. The molecule has 5 rings (SSSR count). The predicted octanol–water partition coefficient (Wildman–Crippen LogP) is 7.27. The Labute approximate surface area is 237 Å². The first-order valence-corrected chi connectivity index (χ1v) is 13.6. The lowest BCUT2D eigenvalue weighted by Gasteiger charge is -2.44. The van der Waals surface area contributed by atoms with Gasteiger partial charge in [-0.2, -0.15) is 13.2 Å². The van der Waals surface area contributed by atoms with E-state index in [2.05, 4.69) is 20.3 Å². The number of anilines is 2. The fourth-order valence-electron chi connectivity index (χ4n) is 5.36. The Kier molecular flexibility index (Phi) is 7.33. The van der Waals surface area contributed by atoms with Crippen molar-refractivity contribution < 1.29 is 32.6 Å². The van der Waals surface area contributed by atoms with Crippen LogP contribution in [0, 0.1) is 17.2 Å². The molecule has 2 aromatic carbocycles. The molecule has 1 aliphatic rings. The first kappa shape index (κ1) is 28.6. The van der Waals surface area contributed by atoms with E-state index in [0.29, 0.717) is 38.7 Å². The minimum atomic E-state index is -4.64. The van der Waals surface area contributed by atoms with Crippen molar-refractivity contribution in [1.82, 2.24) is 15.0 Å². The Morgan fingerprint density at radius 2 is 1.76 bits per heavy atom. The molecule has 7 nitrogen and oxygen atoms in total. The first-order valence-electron chi connectivity index (χ1n) is 12.7. The number of thiazole rings is 1. The number of nitrogens with zero attached hydrogens (tertiary/aromatic N) is 3. The molecule has 0 spiro atoms. The zero-order valence-corrected chi connectivity index (χ0v) is 22.9. The van der Waals surface area contributed by atoms with Gasteiger partial charge in [0.05, 0.1) is 10.8 Å². The highest BCUT2D eigenvalue weighted by Crippen LogP contribution is 2.51. The van der Waals surface area contributed by atoms with Crippen LogP contribution >= 0.6 is 11.3 Å². The number of aromatic nitrogens is 3. The molecule has 0 radical (unpaired) electrons. The van der Waals surface area contributed by atoms with Gasteiger partial charge in [0.1, 0.15) is 22.1 Å². The minimum Gasteiger partial charge on any atom is -0.481 e. The molecular weight excluding hydrogens is 560 g/mol. The normalized spacial score (nSPS) is 20.5. The highest BCUT2D eigenvalue weighted by Gasteiger charge is 2.49. The van der Waals surface area contributed by atoms with Gasteiger partial charge in [-0.25, -0.2) is 19.3 Å². The van der Waals surface area contributed by atoms with Gasteiger partial charge < -0.3 is 15.5 Å². The summed E-state index contributed by atoms with van der Waals surface area (Å²) < 4.78 is 53.2. The van der Waals surface area contributed by atoms with Crippen LogP contribution in [0.25, 0.3) is 21.6 Å². The maximum Gasteiger partial charge on any atom is 0.433 e. The fraction of sp³-hybridized carbons (Fsp3) is 0.310. The number of hydrogen-bond acceptors (Lipinski definition) is 7. The number of hydrogen-bond donors (Lipinski definition) is 3. The van der Waals surface area contributed by atoms with Crippen molar-refractivity contribution >= 4 is 28.9 Å². The van der Waals surface area contributed by atoms with Gasteiger partial charge in [0.15, 0.2) is 0 Å². The van der Waals surface area contributed by atoms with Crippen molar-refractivity contribution in [3.05, 3.63) is 77.4 Å². The quantitative estimate of drug-likeness (QED) is 0.204. The van der Waals surface area contributed by atoms with Gasteiger partial charge in [0, 0.05) is 18.1 Å². The molecule has 214 valence electrons. The molecule has 0 saturated heterocycles. The van der Waals surface area contributed by atoms with E-state index in [0.717, 1.165) is 12.3 Å². The second-order valence-corrected chi connectivity index (χ2v) is 11.9. The molecule has 1 fully saturated rings. The summed E-state index contributed by atoms with van der Waals surface area (Å²) in [5.41, 5.74) is -0.710. The standard InChI is InChI=1S/C29H26F4N4O3S/c1-27(2)15-28(40,9-7-21(27)24(38)39)25-35-14-22(41-25)18-11-17(16-3-5-19(30)6-4-16)12-20(13-18)36-26-34-10-8-23(37-26)29(31,32)33/h3-6,8,10-14,21,40H,7,9,15H2,1-2H3,(H,38,39)(H,34,36,37)/t21-,28-/m0/s1. The van der Waals surface area contributed by atoms with Crippen molar-refractivity contribution in [3.63, 3.8) is 0 Å². The number of aliphatic carboxylic acids is 1. The third kappa shape index (κ3) is 6.08. The lowest BCUT2D eigenvalue weighted by molar-refractivity contribution is -0.154. The maximum absolute atomic E-state index is 13.6. The summed E-state index contributed by atoms with van der Waals surface area (Å²) in [4.78, 5) is 24.4. The Bertz CT molecular complexity index is 1590. The van der Waals surface area contributed by atoms with E-state index in [4.69, 9.17) is 0 Å². The van der Waals surface area contributed by atoms with E-state index in [1.165, 1.54) is 23.5 Å². The number of carboxylic acids is 1. The van der Waals surface area contributed by atoms with Gasteiger partial charge in [-0.15, -0.1) is 11.3 Å². The van der Waals surface area contributed by atoms with Crippen LogP contribution < -0.4 is 5.32 Å². The summed E-state index contributed by atoms with van der Waals surface area (Å²) in [5.74, 6) is -2.14. The van der Waals surface area contributed by atoms with Crippen molar-refractivity contribution in [2.24, 2.45) is 11.3 Å². The molecule has 0 aliphatic heterocycles. The average Bonchev–Trinajstić information content (AvgIpc) is 3.39. The summed E-state index contributed by atoms with van der Waals surface area (Å²) >= 11 is 1.25. The van der Waals surface area contributed by atoms with E-state index < -0.39 is 40.6 Å². The number of carboxylic acid groups (broad SMARTS) is 1. The number of aliphatic hydroxyl groups is 1. The van der Waals surface area contributed by atoms with Crippen molar-refractivity contribution in [2.75, 3.05) is 5.32 Å². The topological polar surface area (TPSA) is 108 Å². The predicted molar refractivity (Wildman–Crippen MR) is 146 cm³/mol. The van der Waals surface area contributed by atoms with Gasteiger partial charge in [-0.1, -0.05) is 26.0 Å². The fourth-order valence-corrected chi connectivity index (χ4v) is 6.38. The second kappa shape index (κ2) is 10.5. The smallest absolute Gasteiger partial charge is 0.433 e. The molecule has 12 heteroatoms. The van der Waals surface area contributed by atoms with E-state index in [1.54, 1.807) is 30.5 Å². The molecule has 3 N–H and O–H groups in total. The third-order valence-electron chi connectivity index (χ3n) is 7.34. The molecule has 2 heterocycles. The van der Waals surface area contributed by atoms with Gasteiger partial charge in [-0.3, -0.25) is 4.79 Å². The van der Waals surface area contributed by atoms with Gasteiger partial charge in [0.2, 0.25) is 5.95 Å². The molecular formula is C29H26F4N4O3S. The first-order chi connectivity index (χ1) is 19.2. The summed E-state index contributed by atoms with van der Waals surface area (Å²) in [6.45, 7) is 3.65. The molecule has 0 unspecified atom stereocenters. The lowest BCUT2D eigenvalue weighted by atomic mass is 9.63. The lowest BCUT2D eigenvalue weighted by Crippen LogP contribution is -2.44. The van der Waals surface area contributed by atoms with Crippen LogP contribution in [-0.2, 0) is 16.6 Å². The van der Waals surface area contributed by atoms with E-state index in [9.17, 15) is 32.6 Å². The van der Waals surface area contributed by atoms with Crippen LogP contribution in [0.4, 0.5) is 29.2 Å². The highest BCUT2D eigenvalue weighted by molar-refractivity contribution is 7.15. The SMILES string of the molecule is CC1(C)C[C@](O)(c2ncc(-c3cc(Nc4nccc(C(F)(F)F)n4)cc(-c4ccc(F)cc4)c3)s2)CC[C@H]1C(=O)O. The highest BCUT2D eigenvalue weighted by atomic mass is 32.1. The molecule has 2 atom stereocenters. The number of nitrogens with one attached hydrogen (secondary N) is 1.